The second kappa shape index (κ2) is 6.08. The summed E-state index contributed by atoms with van der Waals surface area (Å²) in [5.41, 5.74) is 3.65. The van der Waals surface area contributed by atoms with Gasteiger partial charge in [0.05, 0.1) is 11.2 Å². The number of unbranched alkanes of at least 4 members (excludes halogenated alkanes) is 4. The molecule has 2 nitrogen and oxygen atoms in total. The summed E-state index contributed by atoms with van der Waals surface area (Å²) in [5.74, 6) is 0. The first-order valence-electron chi connectivity index (χ1n) is 7.74. The van der Waals surface area contributed by atoms with Gasteiger partial charge in [-0.15, -0.1) is 0 Å². The van der Waals surface area contributed by atoms with Crippen molar-refractivity contribution in [2.24, 2.45) is 0 Å². The zero-order valence-electron chi connectivity index (χ0n) is 12.2. The van der Waals surface area contributed by atoms with E-state index in [1.807, 2.05) is 6.20 Å². The molecule has 0 radical (unpaired) electrons. The third kappa shape index (κ3) is 2.55. The number of nitrogens with zero attached hydrogens (tertiary/aromatic N) is 1. The average molecular weight is 266 g/mol. The lowest BCUT2D eigenvalue weighted by molar-refractivity contribution is 0.629. The first kappa shape index (κ1) is 13.2. The molecule has 104 valence electrons. The van der Waals surface area contributed by atoms with Crippen molar-refractivity contribution in [3.8, 4) is 0 Å². The van der Waals surface area contributed by atoms with Crippen LogP contribution < -0.4 is 0 Å². The first-order valence-corrected chi connectivity index (χ1v) is 7.74. The number of benzene rings is 1. The second-order valence-corrected chi connectivity index (χ2v) is 5.52. The number of para-hydroxylation sites is 1. The molecule has 1 N–H and O–H groups in total. The minimum atomic E-state index is 1.08. The van der Waals surface area contributed by atoms with Crippen molar-refractivity contribution in [3.63, 3.8) is 0 Å². The Morgan fingerprint density at radius 1 is 0.950 bits per heavy atom. The number of hydrogen-bond donors (Lipinski definition) is 1. The maximum Gasteiger partial charge on any atom is 0.0684 e. The molecule has 3 rings (SSSR count). The molecule has 2 heterocycles. The van der Waals surface area contributed by atoms with Gasteiger partial charge in [0.1, 0.15) is 0 Å². The van der Waals surface area contributed by atoms with E-state index in [0.717, 1.165) is 6.42 Å². The minimum Gasteiger partial charge on any atom is -0.353 e. The van der Waals surface area contributed by atoms with E-state index in [9.17, 15) is 0 Å². The van der Waals surface area contributed by atoms with Gasteiger partial charge in [-0.05, 0) is 25.0 Å². The zero-order valence-corrected chi connectivity index (χ0v) is 12.2. The largest absolute Gasteiger partial charge is 0.353 e. The Hall–Kier alpha value is -1.83. The molecule has 0 spiro atoms. The fraction of sp³-hybridized carbons (Fsp3) is 0.389. The summed E-state index contributed by atoms with van der Waals surface area (Å²) in [6.07, 6.45) is 9.57. The van der Waals surface area contributed by atoms with Gasteiger partial charge in [-0.25, -0.2) is 0 Å². The molecule has 3 aromatic rings. The maximum absolute atomic E-state index is 4.59. The van der Waals surface area contributed by atoms with Crippen LogP contribution in [0.1, 0.15) is 44.7 Å². The summed E-state index contributed by atoms with van der Waals surface area (Å²) in [6, 6.07) is 10.6. The topological polar surface area (TPSA) is 28.7 Å². The molecule has 0 aliphatic carbocycles. The van der Waals surface area contributed by atoms with Crippen LogP contribution in [0.15, 0.2) is 36.5 Å². The fourth-order valence-corrected chi connectivity index (χ4v) is 2.92. The number of aryl methyl sites for hydroxylation is 1. The summed E-state index contributed by atoms with van der Waals surface area (Å²) in [7, 11) is 0. The number of H-pyrrole nitrogens is 1. The molecule has 0 aliphatic heterocycles. The van der Waals surface area contributed by atoms with Gasteiger partial charge in [0.2, 0.25) is 0 Å². The van der Waals surface area contributed by atoms with E-state index in [2.05, 4.69) is 47.2 Å². The third-order valence-corrected chi connectivity index (χ3v) is 4.02. The Kier molecular flexibility index (Phi) is 4.00. The lowest BCUT2D eigenvalue weighted by atomic mass is 10.1. The maximum atomic E-state index is 4.59. The van der Waals surface area contributed by atoms with Gasteiger partial charge in [0, 0.05) is 22.5 Å². The lowest BCUT2D eigenvalue weighted by Gasteiger charge is -2.02. The predicted octanol–water partition coefficient (Wildman–Crippen LogP) is 5.23. The molecule has 0 unspecified atom stereocenters. The molecule has 0 aliphatic rings. The monoisotopic (exact) mass is 266 g/mol. The highest BCUT2D eigenvalue weighted by Gasteiger charge is 2.08. The molecule has 0 bridgehead atoms. The highest BCUT2D eigenvalue weighted by Crippen LogP contribution is 2.27. The normalized spacial score (nSPS) is 11.4. The van der Waals surface area contributed by atoms with Crippen LogP contribution in [0, 0.1) is 0 Å². The zero-order chi connectivity index (χ0) is 13.8. The molecule has 2 heteroatoms. The fourth-order valence-electron chi connectivity index (χ4n) is 2.92. The summed E-state index contributed by atoms with van der Waals surface area (Å²) < 4.78 is 0. The summed E-state index contributed by atoms with van der Waals surface area (Å²) >= 11 is 0. The first-order chi connectivity index (χ1) is 9.90. The Balaban J connectivity index is 1.84. The van der Waals surface area contributed by atoms with Gasteiger partial charge < -0.3 is 4.98 Å². The van der Waals surface area contributed by atoms with Crippen molar-refractivity contribution in [2.75, 3.05) is 0 Å². The van der Waals surface area contributed by atoms with E-state index < -0.39 is 0 Å². The third-order valence-electron chi connectivity index (χ3n) is 4.02. The molecule has 0 saturated carbocycles. The van der Waals surface area contributed by atoms with Crippen molar-refractivity contribution in [2.45, 2.75) is 45.4 Å². The van der Waals surface area contributed by atoms with E-state index in [0.29, 0.717) is 0 Å². The van der Waals surface area contributed by atoms with Gasteiger partial charge in [-0.1, -0.05) is 50.8 Å². The van der Waals surface area contributed by atoms with Crippen LogP contribution in [-0.2, 0) is 6.42 Å². The second-order valence-electron chi connectivity index (χ2n) is 5.52. The minimum absolute atomic E-state index is 1.08. The SMILES string of the molecule is CCCCCCCc1nccc2c1[nH]c1ccccc12. The molecule has 0 amide bonds. The average Bonchev–Trinajstić information content (AvgIpc) is 2.87. The quantitative estimate of drug-likeness (QED) is 0.608. The van der Waals surface area contributed by atoms with Crippen LogP contribution >= 0.6 is 0 Å². The lowest BCUT2D eigenvalue weighted by Crippen LogP contribution is -1.92. The number of pyridine rings is 1. The van der Waals surface area contributed by atoms with Gasteiger partial charge in [0.15, 0.2) is 0 Å². The van der Waals surface area contributed by atoms with Crippen molar-refractivity contribution < 1.29 is 0 Å². The van der Waals surface area contributed by atoms with Crippen LogP contribution in [0.4, 0.5) is 0 Å². The molecular weight excluding hydrogens is 244 g/mol. The Morgan fingerprint density at radius 2 is 1.80 bits per heavy atom. The van der Waals surface area contributed by atoms with Crippen LogP contribution in [0.25, 0.3) is 21.8 Å². The van der Waals surface area contributed by atoms with Crippen molar-refractivity contribution in [1.29, 1.82) is 0 Å². The molecular formula is C18H22N2. The standard InChI is InChI=1S/C18H22N2/c1-2-3-4-5-6-11-17-18-15(12-13-19-17)14-9-7-8-10-16(14)20-18/h7-10,12-13,20H,2-6,11H2,1H3. The van der Waals surface area contributed by atoms with Gasteiger partial charge >= 0.3 is 0 Å². The van der Waals surface area contributed by atoms with Crippen LogP contribution in [-0.4, -0.2) is 9.97 Å². The molecule has 0 atom stereocenters. The number of aromatic amines is 1. The number of hydrogen-bond acceptors (Lipinski definition) is 1. The highest BCUT2D eigenvalue weighted by atomic mass is 14.8. The Bertz CT molecular complexity index is 697. The van der Waals surface area contributed by atoms with E-state index in [1.54, 1.807) is 0 Å². The number of fused-ring (bicyclic) bond motifs is 3. The summed E-state index contributed by atoms with van der Waals surface area (Å²) in [4.78, 5) is 8.12. The Morgan fingerprint density at radius 3 is 2.70 bits per heavy atom. The Labute approximate surface area is 120 Å². The summed E-state index contributed by atoms with van der Waals surface area (Å²) in [6.45, 7) is 2.26. The van der Waals surface area contributed by atoms with Gasteiger partial charge in [0.25, 0.3) is 0 Å². The van der Waals surface area contributed by atoms with Crippen molar-refractivity contribution in [3.05, 3.63) is 42.2 Å². The molecule has 2 aromatic heterocycles. The molecule has 20 heavy (non-hydrogen) atoms. The van der Waals surface area contributed by atoms with Crippen LogP contribution in [0.2, 0.25) is 0 Å². The van der Waals surface area contributed by atoms with Crippen LogP contribution in [0.5, 0.6) is 0 Å². The van der Waals surface area contributed by atoms with Crippen molar-refractivity contribution in [1.82, 2.24) is 9.97 Å². The summed E-state index contributed by atoms with van der Waals surface area (Å²) in [5, 5.41) is 2.61. The van der Waals surface area contributed by atoms with Crippen molar-refractivity contribution >= 4 is 21.8 Å². The van der Waals surface area contributed by atoms with E-state index in [1.165, 1.54) is 59.6 Å². The van der Waals surface area contributed by atoms with E-state index in [4.69, 9.17) is 0 Å². The highest BCUT2D eigenvalue weighted by molar-refractivity contribution is 6.07. The van der Waals surface area contributed by atoms with Gasteiger partial charge in [-0.3, -0.25) is 4.98 Å². The number of nitrogens with one attached hydrogen (secondary N) is 1. The molecule has 1 aromatic carbocycles. The molecule has 0 saturated heterocycles. The predicted molar refractivity (Wildman–Crippen MR) is 86.1 cm³/mol. The van der Waals surface area contributed by atoms with E-state index >= 15 is 0 Å². The van der Waals surface area contributed by atoms with Gasteiger partial charge in [-0.2, -0.15) is 0 Å². The van der Waals surface area contributed by atoms with Crippen LogP contribution in [0.3, 0.4) is 0 Å². The smallest absolute Gasteiger partial charge is 0.0684 e. The van der Waals surface area contributed by atoms with E-state index in [-0.39, 0.29) is 0 Å². The molecule has 0 fully saturated rings. The number of aromatic nitrogens is 2. The number of rotatable bonds is 6.